The van der Waals surface area contributed by atoms with Gasteiger partial charge in [0.15, 0.2) is 12.4 Å². The van der Waals surface area contributed by atoms with Crippen LogP contribution in [0.1, 0.15) is 36.8 Å². The summed E-state index contributed by atoms with van der Waals surface area (Å²) in [4.78, 5) is 0. The highest BCUT2D eigenvalue weighted by Crippen LogP contribution is 2.23. The summed E-state index contributed by atoms with van der Waals surface area (Å²) in [5, 5.41) is 25.2. The molecule has 0 unspecified atom stereocenters. The lowest BCUT2D eigenvalue weighted by molar-refractivity contribution is -0.598. The van der Waals surface area contributed by atoms with Gasteiger partial charge in [0, 0.05) is 24.0 Å². The molecule has 0 aliphatic heterocycles. The quantitative estimate of drug-likeness (QED) is 0.374. The SMILES string of the molecule is [O-]/[N+](=C\c1ccccc1)[C@@H]1CCCC[C@@H]1/[N+]([O-])=C/c1ccccc1. The standard InChI is InChI=1S/C20H22N2O2/c23-21(15-17-9-3-1-4-10-17)19-13-7-8-14-20(19)22(24)16-18-11-5-2-6-12-18/h1-6,9-12,15-16,19-20H,7-8,13-14H2/b21-15-,22-16-/t19-,20+. The Balaban J connectivity index is 1.83. The van der Waals surface area contributed by atoms with Crippen LogP contribution < -0.4 is 0 Å². The van der Waals surface area contributed by atoms with E-state index in [1.54, 1.807) is 12.4 Å². The number of hydrogen-bond donors (Lipinski definition) is 0. The van der Waals surface area contributed by atoms with Crippen molar-refractivity contribution in [1.29, 1.82) is 0 Å². The van der Waals surface area contributed by atoms with Crippen LogP contribution in [0, 0.1) is 10.4 Å². The van der Waals surface area contributed by atoms with Crippen molar-refractivity contribution in [1.82, 2.24) is 0 Å². The van der Waals surface area contributed by atoms with Crippen LogP contribution in [0.2, 0.25) is 0 Å². The van der Waals surface area contributed by atoms with Gasteiger partial charge in [0.1, 0.15) is 0 Å². The molecule has 1 fully saturated rings. The first kappa shape index (κ1) is 16.2. The Morgan fingerprint density at radius 1 is 0.667 bits per heavy atom. The van der Waals surface area contributed by atoms with Gasteiger partial charge in [0.05, 0.1) is 0 Å². The third-order valence-corrected chi connectivity index (χ3v) is 4.50. The molecule has 4 nitrogen and oxygen atoms in total. The van der Waals surface area contributed by atoms with E-state index in [0.717, 1.165) is 46.3 Å². The second kappa shape index (κ2) is 7.77. The molecule has 2 aromatic rings. The first-order valence-corrected chi connectivity index (χ1v) is 8.45. The van der Waals surface area contributed by atoms with E-state index in [1.165, 1.54) is 0 Å². The highest BCUT2D eigenvalue weighted by Gasteiger charge is 2.37. The van der Waals surface area contributed by atoms with Crippen molar-refractivity contribution in [3.63, 3.8) is 0 Å². The van der Waals surface area contributed by atoms with E-state index in [0.29, 0.717) is 0 Å². The number of hydroxylamine groups is 2. The van der Waals surface area contributed by atoms with Gasteiger partial charge in [0.25, 0.3) is 0 Å². The molecule has 0 aromatic heterocycles. The molecule has 0 spiro atoms. The predicted octanol–water partition coefficient (Wildman–Crippen LogP) is 3.56. The molecule has 0 N–H and O–H groups in total. The van der Waals surface area contributed by atoms with Crippen LogP contribution in [-0.2, 0) is 0 Å². The van der Waals surface area contributed by atoms with Gasteiger partial charge < -0.3 is 10.4 Å². The summed E-state index contributed by atoms with van der Waals surface area (Å²) in [6.07, 6.45) is 6.67. The van der Waals surface area contributed by atoms with Gasteiger partial charge in [-0.1, -0.05) is 36.4 Å². The third-order valence-electron chi connectivity index (χ3n) is 4.50. The van der Waals surface area contributed by atoms with Gasteiger partial charge in [-0.25, -0.2) is 9.48 Å². The fourth-order valence-electron chi connectivity index (χ4n) is 3.25. The van der Waals surface area contributed by atoms with Crippen molar-refractivity contribution in [3.05, 3.63) is 82.2 Å². The first-order chi connectivity index (χ1) is 11.7. The molecule has 24 heavy (non-hydrogen) atoms. The average molecular weight is 322 g/mol. The maximum absolute atomic E-state index is 12.6. The Labute approximate surface area is 142 Å². The Hall–Kier alpha value is -2.62. The lowest BCUT2D eigenvalue weighted by Crippen LogP contribution is -2.44. The van der Waals surface area contributed by atoms with Crippen molar-refractivity contribution >= 4 is 12.4 Å². The van der Waals surface area contributed by atoms with E-state index in [-0.39, 0.29) is 12.1 Å². The minimum Gasteiger partial charge on any atom is -0.623 e. The Morgan fingerprint density at radius 2 is 1.04 bits per heavy atom. The minimum absolute atomic E-state index is 0.309. The highest BCUT2D eigenvalue weighted by atomic mass is 16.5. The first-order valence-electron chi connectivity index (χ1n) is 8.45. The third kappa shape index (κ3) is 4.02. The van der Waals surface area contributed by atoms with Gasteiger partial charge in [0.2, 0.25) is 12.1 Å². The van der Waals surface area contributed by atoms with Crippen LogP contribution in [0.3, 0.4) is 0 Å². The maximum Gasteiger partial charge on any atom is 0.224 e. The summed E-state index contributed by atoms with van der Waals surface area (Å²) in [6.45, 7) is 0. The molecule has 0 heterocycles. The molecule has 0 amide bonds. The van der Waals surface area contributed by atoms with Gasteiger partial charge in [-0.15, -0.1) is 0 Å². The van der Waals surface area contributed by atoms with Gasteiger partial charge in [-0.05, 0) is 37.1 Å². The summed E-state index contributed by atoms with van der Waals surface area (Å²) in [5.74, 6) is 0. The molecule has 1 saturated carbocycles. The normalized spacial score (nSPS) is 22.3. The molecular weight excluding hydrogens is 300 g/mol. The van der Waals surface area contributed by atoms with E-state index in [4.69, 9.17) is 0 Å². The molecular formula is C20H22N2O2. The van der Waals surface area contributed by atoms with Crippen LogP contribution in [0.15, 0.2) is 60.7 Å². The molecule has 1 aliphatic carbocycles. The van der Waals surface area contributed by atoms with Crippen molar-refractivity contribution < 1.29 is 9.48 Å². The van der Waals surface area contributed by atoms with Crippen molar-refractivity contribution in [2.45, 2.75) is 37.8 Å². The lowest BCUT2D eigenvalue weighted by atomic mass is 9.90. The van der Waals surface area contributed by atoms with Crippen LogP contribution in [-0.4, -0.2) is 34.0 Å². The zero-order valence-corrected chi connectivity index (χ0v) is 13.6. The van der Waals surface area contributed by atoms with Crippen LogP contribution in [0.5, 0.6) is 0 Å². The van der Waals surface area contributed by atoms with E-state index < -0.39 is 0 Å². The summed E-state index contributed by atoms with van der Waals surface area (Å²) in [6, 6.07) is 18.4. The second-order valence-corrected chi connectivity index (χ2v) is 6.22. The maximum atomic E-state index is 12.6. The lowest BCUT2D eigenvalue weighted by Gasteiger charge is -2.28. The second-order valence-electron chi connectivity index (χ2n) is 6.22. The number of nitrogens with zero attached hydrogens (tertiary/aromatic N) is 2. The molecule has 0 saturated heterocycles. The van der Waals surface area contributed by atoms with Crippen molar-refractivity contribution in [2.24, 2.45) is 0 Å². The topological polar surface area (TPSA) is 52.1 Å². The molecule has 0 radical (unpaired) electrons. The predicted molar refractivity (Wildman–Crippen MR) is 96.5 cm³/mol. The van der Waals surface area contributed by atoms with Gasteiger partial charge in [-0.2, -0.15) is 0 Å². The van der Waals surface area contributed by atoms with Gasteiger partial charge in [-0.3, -0.25) is 0 Å². The highest BCUT2D eigenvalue weighted by molar-refractivity contribution is 5.76. The summed E-state index contributed by atoms with van der Waals surface area (Å²) in [5.41, 5.74) is 1.72. The monoisotopic (exact) mass is 322 g/mol. The van der Waals surface area contributed by atoms with Gasteiger partial charge >= 0.3 is 0 Å². The molecule has 3 rings (SSSR count). The van der Waals surface area contributed by atoms with Crippen LogP contribution in [0.4, 0.5) is 0 Å². The number of rotatable bonds is 4. The smallest absolute Gasteiger partial charge is 0.224 e. The molecule has 0 bridgehead atoms. The largest absolute Gasteiger partial charge is 0.623 e. The Kier molecular flexibility index (Phi) is 5.26. The Bertz CT molecular complexity index is 647. The van der Waals surface area contributed by atoms with Crippen molar-refractivity contribution in [3.8, 4) is 0 Å². The molecule has 4 heteroatoms. The van der Waals surface area contributed by atoms with E-state index >= 15 is 0 Å². The Morgan fingerprint density at radius 3 is 1.42 bits per heavy atom. The van der Waals surface area contributed by atoms with Crippen LogP contribution >= 0.6 is 0 Å². The summed E-state index contributed by atoms with van der Waals surface area (Å²) < 4.78 is 1.95. The number of hydrogen-bond acceptors (Lipinski definition) is 2. The van der Waals surface area contributed by atoms with E-state index in [9.17, 15) is 10.4 Å². The molecule has 124 valence electrons. The summed E-state index contributed by atoms with van der Waals surface area (Å²) in [7, 11) is 0. The fraction of sp³-hybridized carbons (Fsp3) is 0.300. The molecule has 2 atom stereocenters. The average Bonchev–Trinajstić information content (AvgIpc) is 2.63. The minimum atomic E-state index is -0.309. The van der Waals surface area contributed by atoms with E-state index in [2.05, 4.69) is 0 Å². The zero-order chi connectivity index (χ0) is 16.8. The number of benzene rings is 2. The summed E-state index contributed by atoms with van der Waals surface area (Å²) >= 11 is 0. The fourth-order valence-corrected chi connectivity index (χ4v) is 3.25. The molecule has 1 aliphatic rings. The molecule has 2 aromatic carbocycles. The van der Waals surface area contributed by atoms with E-state index in [1.807, 2.05) is 60.7 Å². The van der Waals surface area contributed by atoms with Crippen LogP contribution in [0.25, 0.3) is 0 Å². The van der Waals surface area contributed by atoms with Crippen molar-refractivity contribution in [2.75, 3.05) is 0 Å². The zero-order valence-electron chi connectivity index (χ0n) is 13.6.